The number of aromatic nitrogens is 1. The molecule has 0 saturated heterocycles. The van der Waals surface area contributed by atoms with Gasteiger partial charge in [0.1, 0.15) is 5.56 Å². The van der Waals surface area contributed by atoms with Crippen LogP contribution in [-0.4, -0.2) is 64.3 Å². The van der Waals surface area contributed by atoms with Crippen LogP contribution in [0, 0.1) is 0 Å². The maximum Gasteiger partial charge on any atom is 0.256 e. The lowest BCUT2D eigenvalue weighted by molar-refractivity contribution is -0.0974. The highest BCUT2D eigenvalue weighted by Gasteiger charge is 2.21. The molecule has 0 unspecified atom stereocenters. The third kappa shape index (κ3) is 4.25. The molecule has 0 fully saturated rings. The molecule has 0 saturated carbocycles. The molecule has 2 aromatic rings. The van der Waals surface area contributed by atoms with Crippen molar-refractivity contribution in [3.05, 3.63) is 40.2 Å². The molecular weight excluding hydrogens is 386 g/mol. The van der Waals surface area contributed by atoms with Crippen LogP contribution in [0.4, 0.5) is 0 Å². The lowest BCUT2D eigenvalue weighted by Crippen LogP contribution is -2.36. The summed E-state index contributed by atoms with van der Waals surface area (Å²) in [6, 6.07) is 4.33. The zero-order valence-electron chi connectivity index (χ0n) is 16.6. The Labute approximate surface area is 163 Å². The van der Waals surface area contributed by atoms with E-state index in [1.54, 1.807) is 10.6 Å². The average Bonchev–Trinajstić information content (AvgIpc) is 2.68. The molecule has 9 nitrogen and oxygen atoms in total. The number of benzene rings is 1. The molecule has 28 heavy (non-hydrogen) atoms. The van der Waals surface area contributed by atoms with Gasteiger partial charge in [0.05, 0.1) is 17.0 Å². The van der Waals surface area contributed by atoms with Crippen LogP contribution in [0.1, 0.15) is 17.3 Å². The fraction of sp³-hybridized carbons (Fsp3) is 0.444. The van der Waals surface area contributed by atoms with Crippen LogP contribution in [0.25, 0.3) is 10.9 Å². The van der Waals surface area contributed by atoms with Gasteiger partial charge in [-0.3, -0.25) is 9.59 Å². The summed E-state index contributed by atoms with van der Waals surface area (Å²) in [5.74, 6) is -0.589. The number of nitrogens with zero attached hydrogens (tertiary/aromatic N) is 2. The summed E-state index contributed by atoms with van der Waals surface area (Å²) in [6.45, 7) is 2.42. The highest BCUT2D eigenvalue weighted by Crippen LogP contribution is 2.20. The molecule has 154 valence electrons. The van der Waals surface area contributed by atoms with Gasteiger partial charge in [0, 0.05) is 46.4 Å². The Hall–Kier alpha value is -2.27. The summed E-state index contributed by atoms with van der Waals surface area (Å²) in [7, 11) is 1.99. The van der Waals surface area contributed by atoms with Crippen molar-refractivity contribution in [1.82, 2.24) is 14.2 Å². The van der Waals surface area contributed by atoms with Gasteiger partial charge in [-0.15, -0.1) is 0 Å². The maximum atomic E-state index is 12.9. The minimum Gasteiger partial charge on any atom is -0.354 e. The monoisotopic (exact) mass is 411 g/mol. The number of rotatable bonds is 8. The second-order valence-corrected chi connectivity index (χ2v) is 8.39. The van der Waals surface area contributed by atoms with E-state index in [1.807, 2.05) is 6.92 Å². The van der Waals surface area contributed by atoms with E-state index in [2.05, 4.69) is 5.32 Å². The Morgan fingerprint density at radius 2 is 1.89 bits per heavy atom. The molecular formula is C18H25N3O6S. The van der Waals surface area contributed by atoms with E-state index >= 15 is 0 Å². The summed E-state index contributed by atoms with van der Waals surface area (Å²) < 4.78 is 37.6. The quantitative estimate of drug-likeness (QED) is 0.638. The number of hydrogen-bond acceptors (Lipinski definition) is 6. The molecule has 0 aliphatic heterocycles. The Balaban J connectivity index is 2.58. The van der Waals surface area contributed by atoms with Crippen LogP contribution in [0.2, 0.25) is 0 Å². The number of carbonyl (C=O) groups excluding carboxylic acids is 1. The molecule has 1 aromatic carbocycles. The van der Waals surface area contributed by atoms with Crippen LogP contribution >= 0.6 is 0 Å². The molecule has 1 heterocycles. The second-order valence-electron chi connectivity index (χ2n) is 6.24. The molecule has 10 heteroatoms. The first-order valence-corrected chi connectivity index (χ1v) is 10.0. The number of ether oxygens (including phenoxy) is 2. The summed E-state index contributed by atoms with van der Waals surface area (Å²) in [5.41, 5.74) is -0.0764. The first-order chi connectivity index (χ1) is 13.2. The number of sulfonamides is 1. The molecule has 1 aromatic heterocycles. The van der Waals surface area contributed by atoms with E-state index in [-0.39, 0.29) is 22.4 Å². The normalized spacial score (nSPS) is 12.1. The molecule has 0 bridgehead atoms. The van der Waals surface area contributed by atoms with E-state index in [0.717, 1.165) is 4.31 Å². The van der Waals surface area contributed by atoms with E-state index in [4.69, 9.17) is 9.47 Å². The van der Waals surface area contributed by atoms with Gasteiger partial charge in [-0.25, -0.2) is 12.7 Å². The standard InChI is InChI=1S/C18H25N3O6S/c1-6-21-11-14(18(23)19-10-16(26-4)27-5)17(22)13-9-12(7-8-15(13)21)28(24,25)20(2)3/h7-9,11,16H,6,10H2,1-5H3,(H,19,23). The Kier molecular flexibility index (Phi) is 6.94. The van der Waals surface area contributed by atoms with Crippen LogP contribution in [-0.2, 0) is 26.0 Å². The molecule has 0 spiro atoms. The fourth-order valence-corrected chi connectivity index (χ4v) is 3.63. The topological polar surface area (TPSA) is 107 Å². The van der Waals surface area contributed by atoms with Gasteiger partial charge in [0.2, 0.25) is 15.5 Å². The SMILES string of the molecule is CCn1cc(C(=O)NCC(OC)OC)c(=O)c2cc(S(=O)(=O)N(C)C)ccc21. The van der Waals surface area contributed by atoms with Gasteiger partial charge in [-0.2, -0.15) is 0 Å². The third-order valence-electron chi connectivity index (χ3n) is 4.37. The summed E-state index contributed by atoms with van der Waals surface area (Å²) in [4.78, 5) is 25.5. The number of carbonyl (C=O) groups is 1. The van der Waals surface area contributed by atoms with Gasteiger partial charge in [0.15, 0.2) is 6.29 Å². The Bertz CT molecular complexity index is 1030. The number of fused-ring (bicyclic) bond motifs is 1. The van der Waals surface area contributed by atoms with Crippen molar-refractivity contribution in [2.24, 2.45) is 0 Å². The van der Waals surface area contributed by atoms with Gasteiger partial charge in [0.25, 0.3) is 5.91 Å². The maximum absolute atomic E-state index is 12.9. The first kappa shape index (κ1) is 22.0. The van der Waals surface area contributed by atoms with Crippen molar-refractivity contribution in [1.29, 1.82) is 0 Å². The molecule has 1 N–H and O–H groups in total. The summed E-state index contributed by atoms with van der Waals surface area (Å²) in [6.07, 6.45) is 0.823. The van der Waals surface area contributed by atoms with Crippen molar-refractivity contribution < 1.29 is 22.7 Å². The number of aryl methyl sites for hydroxylation is 1. The van der Waals surface area contributed by atoms with Crippen LogP contribution in [0.15, 0.2) is 34.1 Å². The number of methoxy groups -OCH3 is 2. The van der Waals surface area contributed by atoms with Gasteiger partial charge < -0.3 is 19.4 Å². The molecule has 0 aliphatic rings. The lowest BCUT2D eigenvalue weighted by atomic mass is 10.1. The van der Waals surface area contributed by atoms with Gasteiger partial charge in [-0.05, 0) is 25.1 Å². The van der Waals surface area contributed by atoms with E-state index in [1.165, 1.54) is 46.6 Å². The van der Waals surface area contributed by atoms with E-state index in [0.29, 0.717) is 12.1 Å². The van der Waals surface area contributed by atoms with Crippen LogP contribution < -0.4 is 10.7 Å². The smallest absolute Gasteiger partial charge is 0.256 e. The summed E-state index contributed by atoms with van der Waals surface area (Å²) in [5, 5.41) is 2.75. The van der Waals surface area contributed by atoms with E-state index < -0.39 is 27.6 Å². The minimum absolute atomic E-state index is 0.0128. The fourth-order valence-electron chi connectivity index (χ4n) is 2.71. The highest BCUT2D eigenvalue weighted by atomic mass is 32.2. The Morgan fingerprint density at radius 3 is 2.43 bits per heavy atom. The second kappa shape index (κ2) is 8.82. The predicted octanol–water partition coefficient (Wildman–Crippen LogP) is 0.620. The number of amides is 1. The minimum atomic E-state index is -3.71. The van der Waals surface area contributed by atoms with Crippen molar-refractivity contribution in [2.45, 2.75) is 24.7 Å². The first-order valence-electron chi connectivity index (χ1n) is 8.60. The van der Waals surface area contributed by atoms with Crippen LogP contribution in [0.5, 0.6) is 0 Å². The third-order valence-corrected chi connectivity index (χ3v) is 6.18. The predicted molar refractivity (Wildman–Crippen MR) is 105 cm³/mol. The highest BCUT2D eigenvalue weighted by molar-refractivity contribution is 7.89. The molecule has 0 atom stereocenters. The van der Waals surface area contributed by atoms with Gasteiger partial charge in [-0.1, -0.05) is 0 Å². The number of hydrogen-bond donors (Lipinski definition) is 1. The van der Waals surface area contributed by atoms with Crippen molar-refractivity contribution in [3.8, 4) is 0 Å². The lowest BCUT2D eigenvalue weighted by Gasteiger charge is -2.16. The van der Waals surface area contributed by atoms with Crippen LogP contribution in [0.3, 0.4) is 0 Å². The molecule has 0 radical (unpaired) electrons. The molecule has 2 rings (SSSR count). The molecule has 0 aliphatic carbocycles. The number of nitrogens with one attached hydrogen (secondary N) is 1. The van der Waals surface area contributed by atoms with Crippen molar-refractivity contribution in [2.75, 3.05) is 34.9 Å². The molecule has 1 amide bonds. The largest absolute Gasteiger partial charge is 0.354 e. The average molecular weight is 411 g/mol. The zero-order chi connectivity index (χ0) is 21.1. The number of pyridine rings is 1. The summed E-state index contributed by atoms with van der Waals surface area (Å²) >= 11 is 0. The van der Waals surface area contributed by atoms with Crippen molar-refractivity contribution in [3.63, 3.8) is 0 Å². The van der Waals surface area contributed by atoms with Gasteiger partial charge >= 0.3 is 0 Å². The zero-order valence-corrected chi connectivity index (χ0v) is 17.4. The van der Waals surface area contributed by atoms with E-state index in [9.17, 15) is 18.0 Å². The van der Waals surface area contributed by atoms with Crippen molar-refractivity contribution >= 4 is 26.8 Å². The Morgan fingerprint density at radius 1 is 1.25 bits per heavy atom.